The highest BCUT2D eigenvalue weighted by molar-refractivity contribution is 6.30. The van der Waals surface area contributed by atoms with Gasteiger partial charge in [0.05, 0.1) is 0 Å². The second-order valence-electron chi connectivity index (χ2n) is 4.12. The van der Waals surface area contributed by atoms with Crippen LogP contribution in [0.15, 0.2) is 18.2 Å². The predicted molar refractivity (Wildman–Crippen MR) is 59.2 cm³/mol. The third-order valence-electron chi connectivity index (χ3n) is 2.96. The van der Waals surface area contributed by atoms with Gasteiger partial charge in [-0.05, 0) is 48.4 Å². The van der Waals surface area contributed by atoms with E-state index in [9.17, 15) is 4.79 Å². The number of rotatable bonds is 2. The lowest BCUT2D eigenvalue weighted by molar-refractivity contribution is -0.138. The van der Waals surface area contributed by atoms with Crippen LogP contribution in [-0.4, -0.2) is 11.1 Å². The number of aliphatic carboxylic acids is 1. The molecule has 80 valence electrons. The Kier molecular flexibility index (Phi) is 2.96. The Morgan fingerprint density at radius 3 is 3.00 bits per heavy atom. The highest BCUT2D eigenvalue weighted by atomic mass is 35.5. The van der Waals surface area contributed by atoms with E-state index in [1.807, 2.05) is 18.2 Å². The quantitative estimate of drug-likeness (QED) is 0.839. The van der Waals surface area contributed by atoms with Crippen molar-refractivity contribution in [3.05, 3.63) is 34.3 Å². The molecule has 0 fully saturated rings. The number of carboxylic acid groups (broad SMARTS) is 1. The van der Waals surface area contributed by atoms with Gasteiger partial charge in [-0.1, -0.05) is 17.7 Å². The zero-order valence-electron chi connectivity index (χ0n) is 8.37. The van der Waals surface area contributed by atoms with Crippen LogP contribution in [0, 0.1) is 5.92 Å². The van der Waals surface area contributed by atoms with Crippen molar-refractivity contribution in [1.29, 1.82) is 0 Å². The molecular weight excluding hydrogens is 212 g/mol. The Hall–Kier alpha value is -1.02. The normalized spacial score (nSPS) is 19.7. The van der Waals surface area contributed by atoms with E-state index in [4.69, 9.17) is 16.7 Å². The summed E-state index contributed by atoms with van der Waals surface area (Å²) in [6.07, 6.45) is 3.06. The average molecular weight is 225 g/mol. The average Bonchev–Trinajstić information content (AvgIpc) is 2.17. The van der Waals surface area contributed by atoms with Gasteiger partial charge < -0.3 is 5.11 Å². The van der Waals surface area contributed by atoms with Crippen molar-refractivity contribution >= 4 is 17.6 Å². The fourth-order valence-electron chi connectivity index (χ4n) is 2.22. The number of benzene rings is 1. The number of hydrogen-bond donors (Lipinski definition) is 1. The monoisotopic (exact) mass is 224 g/mol. The van der Waals surface area contributed by atoms with E-state index in [-0.39, 0.29) is 12.3 Å². The van der Waals surface area contributed by atoms with Crippen LogP contribution in [0.2, 0.25) is 5.02 Å². The molecule has 1 aliphatic carbocycles. The first-order valence-corrected chi connectivity index (χ1v) is 5.52. The van der Waals surface area contributed by atoms with E-state index in [0.717, 1.165) is 24.3 Å². The first kappa shape index (κ1) is 10.5. The third-order valence-corrected chi connectivity index (χ3v) is 3.20. The molecule has 3 heteroatoms. The van der Waals surface area contributed by atoms with Gasteiger partial charge in [0.2, 0.25) is 0 Å². The molecule has 0 spiro atoms. The van der Waals surface area contributed by atoms with Crippen LogP contribution in [0.25, 0.3) is 0 Å². The zero-order valence-corrected chi connectivity index (χ0v) is 9.13. The molecule has 1 N–H and O–H groups in total. The maximum absolute atomic E-state index is 10.6. The van der Waals surface area contributed by atoms with Crippen LogP contribution >= 0.6 is 11.6 Å². The minimum atomic E-state index is -0.697. The van der Waals surface area contributed by atoms with E-state index >= 15 is 0 Å². The lowest BCUT2D eigenvalue weighted by Crippen LogP contribution is -2.17. The lowest BCUT2D eigenvalue weighted by Gasteiger charge is -2.23. The minimum absolute atomic E-state index is 0.280. The number of aryl methyl sites for hydroxylation is 1. The fourth-order valence-corrected chi connectivity index (χ4v) is 2.41. The highest BCUT2D eigenvalue weighted by Gasteiger charge is 2.20. The SMILES string of the molecule is O=C(O)CC1CCc2cc(Cl)ccc2C1. The van der Waals surface area contributed by atoms with Crippen molar-refractivity contribution < 1.29 is 9.90 Å². The molecule has 1 aromatic carbocycles. The second kappa shape index (κ2) is 4.23. The van der Waals surface area contributed by atoms with Crippen LogP contribution in [0.1, 0.15) is 24.0 Å². The molecule has 1 aromatic rings. The Morgan fingerprint density at radius 1 is 1.47 bits per heavy atom. The number of halogens is 1. The van der Waals surface area contributed by atoms with Gasteiger partial charge in [0.15, 0.2) is 0 Å². The van der Waals surface area contributed by atoms with Gasteiger partial charge in [-0.3, -0.25) is 4.79 Å². The standard InChI is InChI=1S/C12H13ClO2/c13-11-4-3-9-5-8(6-12(14)15)1-2-10(9)7-11/h3-4,7-8H,1-2,5-6H2,(H,14,15). The maximum atomic E-state index is 10.6. The fraction of sp³-hybridized carbons (Fsp3) is 0.417. The number of carbonyl (C=O) groups is 1. The van der Waals surface area contributed by atoms with Crippen molar-refractivity contribution in [2.45, 2.75) is 25.7 Å². The largest absolute Gasteiger partial charge is 0.481 e. The summed E-state index contributed by atoms with van der Waals surface area (Å²) < 4.78 is 0. The lowest BCUT2D eigenvalue weighted by atomic mass is 9.82. The van der Waals surface area contributed by atoms with Crippen molar-refractivity contribution in [3.63, 3.8) is 0 Å². The molecule has 0 saturated carbocycles. The molecular formula is C12H13ClO2. The van der Waals surface area contributed by atoms with Gasteiger partial charge in [0, 0.05) is 11.4 Å². The molecule has 1 aliphatic rings. The molecule has 0 saturated heterocycles. The van der Waals surface area contributed by atoms with Gasteiger partial charge in [-0.25, -0.2) is 0 Å². The molecule has 0 heterocycles. The van der Waals surface area contributed by atoms with E-state index in [1.54, 1.807) is 0 Å². The highest BCUT2D eigenvalue weighted by Crippen LogP contribution is 2.29. The molecule has 0 aliphatic heterocycles. The molecule has 15 heavy (non-hydrogen) atoms. The van der Waals surface area contributed by atoms with E-state index < -0.39 is 5.97 Å². The van der Waals surface area contributed by atoms with E-state index in [2.05, 4.69) is 0 Å². The molecule has 0 bridgehead atoms. The Morgan fingerprint density at radius 2 is 2.27 bits per heavy atom. The topological polar surface area (TPSA) is 37.3 Å². The smallest absolute Gasteiger partial charge is 0.303 e. The Labute approximate surface area is 93.9 Å². The third kappa shape index (κ3) is 2.51. The maximum Gasteiger partial charge on any atom is 0.303 e. The van der Waals surface area contributed by atoms with Gasteiger partial charge in [0.1, 0.15) is 0 Å². The van der Waals surface area contributed by atoms with Gasteiger partial charge >= 0.3 is 5.97 Å². The predicted octanol–water partition coefficient (Wildman–Crippen LogP) is 2.92. The number of fused-ring (bicyclic) bond motifs is 1. The van der Waals surface area contributed by atoms with Crippen molar-refractivity contribution in [1.82, 2.24) is 0 Å². The van der Waals surface area contributed by atoms with Gasteiger partial charge in [0.25, 0.3) is 0 Å². The minimum Gasteiger partial charge on any atom is -0.481 e. The summed E-state index contributed by atoms with van der Waals surface area (Å²) in [5, 5.41) is 9.51. The summed E-state index contributed by atoms with van der Waals surface area (Å²) >= 11 is 5.90. The van der Waals surface area contributed by atoms with Gasteiger partial charge in [-0.15, -0.1) is 0 Å². The summed E-state index contributed by atoms with van der Waals surface area (Å²) in [6, 6.07) is 5.89. The summed E-state index contributed by atoms with van der Waals surface area (Å²) in [4.78, 5) is 10.6. The summed E-state index contributed by atoms with van der Waals surface area (Å²) in [5.74, 6) is -0.409. The molecule has 0 amide bonds. The molecule has 1 unspecified atom stereocenters. The molecule has 1 atom stereocenters. The first-order valence-electron chi connectivity index (χ1n) is 5.14. The van der Waals surface area contributed by atoms with Gasteiger partial charge in [-0.2, -0.15) is 0 Å². The Bertz CT molecular complexity index is 387. The molecule has 0 aromatic heterocycles. The molecule has 0 radical (unpaired) electrons. The number of hydrogen-bond acceptors (Lipinski definition) is 1. The van der Waals surface area contributed by atoms with Crippen molar-refractivity contribution in [2.24, 2.45) is 5.92 Å². The van der Waals surface area contributed by atoms with E-state index in [0.29, 0.717) is 0 Å². The van der Waals surface area contributed by atoms with Crippen LogP contribution < -0.4 is 0 Å². The second-order valence-corrected chi connectivity index (χ2v) is 4.56. The van der Waals surface area contributed by atoms with Crippen molar-refractivity contribution in [2.75, 3.05) is 0 Å². The zero-order chi connectivity index (χ0) is 10.8. The van der Waals surface area contributed by atoms with Crippen LogP contribution in [-0.2, 0) is 17.6 Å². The van der Waals surface area contributed by atoms with Crippen LogP contribution in [0.5, 0.6) is 0 Å². The van der Waals surface area contributed by atoms with Crippen LogP contribution in [0.4, 0.5) is 0 Å². The first-order chi connectivity index (χ1) is 7.15. The molecule has 2 nitrogen and oxygen atoms in total. The molecule has 2 rings (SSSR count). The van der Waals surface area contributed by atoms with E-state index in [1.165, 1.54) is 11.1 Å². The summed E-state index contributed by atoms with van der Waals surface area (Å²) in [6.45, 7) is 0. The Balaban J connectivity index is 2.13. The summed E-state index contributed by atoms with van der Waals surface area (Å²) in [5.41, 5.74) is 2.54. The number of carboxylic acids is 1. The van der Waals surface area contributed by atoms with Crippen molar-refractivity contribution in [3.8, 4) is 0 Å². The summed E-state index contributed by atoms with van der Waals surface area (Å²) in [7, 11) is 0. The van der Waals surface area contributed by atoms with Crippen LogP contribution in [0.3, 0.4) is 0 Å².